The zero-order valence-corrected chi connectivity index (χ0v) is 12.6. The first kappa shape index (κ1) is 13.1. The number of carbonyl (C=O) groups is 2. The van der Waals surface area contributed by atoms with E-state index in [-0.39, 0.29) is 52.2 Å². The van der Waals surface area contributed by atoms with Crippen LogP contribution in [-0.2, 0) is 14.3 Å². The van der Waals surface area contributed by atoms with Crippen molar-refractivity contribution in [3.05, 3.63) is 24.3 Å². The summed E-state index contributed by atoms with van der Waals surface area (Å²) in [5.74, 6) is -0.544. The van der Waals surface area contributed by atoms with Crippen LogP contribution in [0.2, 0.25) is 0 Å². The molecule has 0 aromatic heterocycles. The minimum atomic E-state index is -0.334. The number of halogens is 1. The van der Waals surface area contributed by atoms with Crippen LogP contribution in [0.5, 0.6) is 5.75 Å². The van der Waals surface area contributed by atoms with Crippen LogP contribution in [0.4, 0.5) is 5.69 Å². The van der Waals surface area contributed by atoms with Gasteiger partial charge < -0.3 is 15.2 Å². The van der Waals surface area contributed by atoms with Gasteiger partial charge in [0.2, 0.25) is 5.91 Å². The highest BCUT2D eigenvalue weighted by Gasteiger charge is 2.67. The van der Waals surface area contributed by atoms with Gasteiger partial charge in [-0.3, -0.25) is 9.59 Å². The lowest BCUT2D eigenvalue weighted by Gasteiger charge is -2.27. The zero-order valence-electron chi connectivity index (χ0n) is 11.0. The van der Waals surface area contributed by atoms with E-state index in [1.54, 1.807) is 12.1 Å². The Morgan fingerprint density at radius 3 is 2.71 bits per heavy atom. The fourth-order valence-electron chi connectivity index (χ4n) is 4.10. The summed E-state index contributed by atoms with van der Waals surface area (Å²) in [5.41, 5.74) is 0.620. The Bertz CT molecular complexity index is 617. The van der Waals surface area contributed by atoms with Crippen LogP contribution in [0.3, 0.4) is 0 Å². The van der Waals surface area contributed by atoms with E-state index in [4.69, 9.17) is 4.74 Å². The van der Waals surface area contributed by atoms with Crippen LogP contribution in [0.15, 0.2) is 24.3 Å². The molecule has 6 heteroatoms. The third-order valence-corrected chi connectivity index (χ3v) is 6.16. The highest BCUT2D eigenvalue weighted by atomic mass is 79.9. The van der Waals surface area contributed by atoms with Crippen molar-refractivity contribution in [2.75, 3.05) is 5.32 Å². The molecule has 4 rings (SSSR count). The molecule has 110 valence electrons. The predicted molar refractivity (Wildman–Crippen MR) is 77.9 cm³/mol. The maximum atomic E-state index is 12.6. The van der Waals surface area contributed by atoms with Gasteiger partial charge in [0.05, 0.1) is 16.7 Å². The maximum Gasteiger partial charge on any atom is 0.310 e. The number of hydrogen-bond acceptors (Lipinski definition) is 4. The van der Waals surface area contributed by atoms with Crippen LogP contribution in [-0.4, -0.2) is 27.9 Å². The van der Waals surface area contributed by atoms with Gasteiger partial charge in [0.25, 0.3) is 0 Å². The highest BCUT2D eigenvalue weighted by molar-refractivity contribution is 9.09. The minimum Gasteiger partial charge on any atom is -0.508 e. The number of nitrogens with one attached hydrogen (secondary N) is 1. The SMILES string of the molecule is O=C(Nc1ccc(O)cc1)[C@H]1[C@@H]2C[C@H]3[C@H](OC(=O)[C@@H]31)[C@@H]2Br. The molecule has 1 aliphatic heterocycles. The molecule has 2 bridgehead atoms. The summed E-state index contributed by atoms with van der Waals surface area (Å²) in [7, 11) is 0. The van der Waals surface area contributed by atoms with Crippen molar-refractivity contribution in [3.63, 3.8) is 0 Å². The molecule has 1 saturated heterocycles. The molecule has 0 radical (unpaired) electrons. The van der Waals surface area contributed by atoms with Gasteiger partial charge in [-0.25, -0.2) is 0 Å². The van der Waals surface area contributed by atoms with E-state index in [1.165, 1.54) is 12.1 Å². The summed E-state index contributed by atoms with van der Waals surface area (Å²) in [5, 5.41) is 12.1. The minimum absolute atomic E-state index is 0.0646. The normalized spacial score (nSPS) is 39.4. The quantitative estimate of drug-likeness (QED) is 0.484. The molecular weight excluding hydrogens is 338 g/mol. The summed E-state index contributed by atoms with van der Waals surface area (Å²) < 4.78 is 5.40. The molecular formula is C15H14BrNO4. The molecule has 2 N–H and O–H groups in total. The number of carbonyl (C=O) groups excluding carboxylic acids is 2. The van der Waals surface area contributed by atoms with E-state index in [2.05, 4.69) is 21.2 Å². The molecule has 3 aliphatic rings. The van der Waals surface area contributed by atoms with Crippen LogP contribution < -0.4 is 5.32 Å². The Morgan fingerprint density at radius 2 is 2.00 bits per heavy atom. The third-order valence-electron chi connectivity index (χ3n) is 4.96. The first-order valence-electron chi connectivity index (χ1n) is 7.01. The van der Waals surface area contributed by atoms with Crippen LogP contribution in [0, 0.1) is 23.7 Å². The number of phenolic OH excluding ortho intramolecular Hbond substituents is 1. The molecule has 2 aliphatic carbocycles. The van der Waals surface area contributed by atoms with Gasteiger partial charge in [0.15, 0.2) is 0 Å². The van der Waals surface area contributed by atoms with Gasteiger partial charge in [0.1, 0.15) is 11.9 Å². The number of ether oxygens (including phenoxy) is 1. The number of aromatic hydroxyl groups is 1. The van der Waals surface area contributed by atoms with E-state index in [0.29, 0.717) is 5.69 Å². The number of esters is 1. The first-order valence-corrected chi connectivity index (χ1v) is 7.92. The smallest absolute Gasteiger partial charge is 0.310 e. The summed E-state index contributed by atoms with van der Waals surface area (Å²) >= 11 is 3.59. The second-order valence-electron chi connectivity index (χ2n) is 6.00. The highest BCUT2D eigenvalue weighted by Crippen LogP contribution is 2.60. The monoisotopic (exact) mass is 351 g/mol. The second kappa shape index (κ2) is 4.47. The van der Waals surface area contributed by atoms with E-state index >= 15 is 0 Å². The Morgan fingerprint density at radius 1 is 1.29 bits per heavy atom. The van der Waals surface area contributed by atoms with E-state index in [0.717, 1.165) is 6.42 Å². The fraction of sp³-hybridized carbons (Fsp3) is 0.467. The number of benzene rings is 1. The van der Waals surface area contributed by atoms with E-state index < -0.39 is 0 Å². The first-order chi connectivity index (χ1) is 10.1. The van der Waals surface area contributed by atoms with Gasteiger partial charge in [-0.15, -0.1) is 0 Å². The van der Waals surface area contributed by atoms with Gasteiger partial charge in [-0.2, -0.15) is 0 Å². The topological polar surface area (TPSA) is 75.6 Å². The molecule has 3 fully saturated rings. The number of amides is 1. The lowest BCUT2D eigenvalue weighted by molar-refractivity contribution is -0.145. The Balaban J connectivity index is 1.57. The summed E-state index contributed by atoms with van der Waals surface area (Å²) in [6.45, 7) is 0. The van der Waals surface area contributed by atoms with Crippen LogP contribution >= 0.6 is 15.9 Å². The largest absolute Gasteiger partial charge is 0.508 e. The van der Waals surface area contributed by atoms with Crippen molar-refractivity contribution in [3.8, 4) is 5.75 Å². The summed E-state index contributed by atoms with van der Waals surface area (Å²) in [6, 6.07) is 6.32. The van der Waals surface area contributed by atoms with Crippen molar-refractivity contribution in [1.82, 2.24) is 0 Å². The maximum absolute atomic E-state index is 12.6. The number of anilines is 1. The number of phenols is 1. The molecule has 0 unspecified atom stereocenters. The van der Waals surface area contributed by atoms with Gasteiger partial charge in [-0.1, -0.05) is 15.9 Å². The summed E-state index contributed by atoms with van der Waals surface area (Å²) in [6.07, 6.45) is 0.801. The average molecular weight is 352 g/mol. The van der Waals surface area contributed by atoms with Crippen molar-refractivity contribution >= 4 is 33.5 Å². The second-order valence-corrected chi connectivity index (χ2v) is 7.05. The molecule has 2 saturated carbocycles. The van der Waals surface area contributed by atoms with Gasteiger partial charge in [-0.05, 0) is 36.6 Å². The lowest BCUT2D eigenvalue weighted by Crippen LogP contribution is -2.40. The van der Waals surface area contributed by atoms with E-state index in [1.807, 2.05) is 0 Å². The number of alkyl halides is 1. The Labute approximate surface area is 129 Å². The molecule has 1 amide bonds. The Kier molecular flexibility index (Phi) is 2.79. The van der Waals surface area contributed by atoms with Crippen LogP contribution in [0.25, 0.3) is 0 Å². The standard InChI is InChI=1S/C15H14BrNO4/c16-12-8-5-9-11(15(20)21-13(9)12)10(8)14(19)17-6-1-3-7(18)4-2-6/h1-4,8-13,18H,5H2,(H,17,19)/t8-,9+,10-,11-,12+,13-/m0/s1. The molecule has 0 spiro atoms. The summed E-state index contributed by atoms with van der Waals surface area (Å²) in [4.78, 5) is 24.6. The molecule has 21 heavy (non-hydrogen) atoms. The number of hydrogen-bond donors (Lipinski definition) is 2. The Hall–Kier alpha value is -1.56. The predicted octanol–water partition coefficient (Wildman–Crippen LogP) is 1.90. The molecule has 1 heterocycles. The molecule has 1 aromatic rings. The average Bonchev–Trinajstić information content (AvgIpc) is 3.05. The van der Waals surface area contributed by atoms with Crippen molar-refractivity contribution < 1.29 is 19.4 Å². The van der Waals surface area contributed by atoms with Gasteiger partial charge >= 0.3 is 5.97 Å². The van der Waals surface area contributed by atoms with Crippen molar-refractivity contribution in [2.24, 2.45) is 23.7 Å². The third kappa shape index (κ3) is 1.81. The fourth-order valence-corrected chi connectivity index (χ4v) is 5.15. The molecule has 1 aromatic carbocycles. The van der Waals surface area contributed by atoms with Crippen LogP contribution in [0.1, 0.15) is 6.42 Å². The number of fused-ring (bicyclic) bond motifs is 1. The van der Waals surface area contributed by atoms with Gasteiger partial charge in [0, 0.05) is 11.6 Å². The molecule has 6 atom stereocenters. The zero-order chi connectivity index (χ0) is 14.7. The lowest BCUT2D eigenvalue weighted by atomic mass is 9.79. The molecule has 5 nitrogen and oxygen atoms in total. The van der Waals surface area contributed by atoms with Crippen molar-refractivity contribution in [1.29, 1.82) is 0 Å². The number of rotatable bonds is 2. The van der Waals surface area contributed by atoms with E-state index in [9.17, 15) is 14.7 Å². The van der Waals surface area contributed by atoms with Crippen molar-refractivity contribution in [2.45, 2.75) is 17.4 Å².